The third-order valence-corrected chi connectivity index (χ3v) is 3.04. The van der Waals surface area contributed by atoms with Crippen molar-refractivity contribution in [3.8, 4) is 0 Å². The van der Waals surface area contributed by atoms with Crippen molar-refractivity contribution in [2.24, 2.45) is 0 Å². The highest BCUT2D eigenvalue weighted by Crippen LogP contribution is 2.25. The highest BCUT2D eigenvalue weighted by Gasteiger charge is 2.18. The van der Waals surface area contributed by atoms with E-state index in [0.29, 0.717) is 12.0 Å². The summed E-state index contributed by atoms with van der Waals surface area (Å²) in [5.74, 6) is 0.512. The number of hydrogen-bond donors (Lipinski definition) is 0. The Morgan fingerprint density at radius 2 is 2.06 bits per heavy atom. The van der Waals surface area contributed by atoms with E-state index in [-0.39, 0.29) is 17.1 Å². The van der Waals surface area contributed by atoms with E-state index in [2.05, 4.69) is 10.2 Å². The first-order valence-corrected chi connectivity index (χ1v) is 5.86. The zero-order chi connectivity index (χ0) is 12.4. The molecule has 2 aromatic rings. The van der Waals surface area contributed by atoms with Crippen LogP contribution in [0.5, 0.6) is 0 Å². The van der Waals surface area contributed by atoms with Gasteiger partial charge in [0.2, 0.25) is 5.28 Å². The van der Waals surface area contributed by atoms with Crippen molar-refractivity contribution in [1.29, 1.82) is 0 Å². The summed E-state index contributed by atoms with van der Waals surface area (Å²) in [6, 6.07) is 6.44. The number of rotatable bonds is 3. The molecule has 0 aliphatic heterocycles. The smallest absolute Gasteiger partial charge is 0.225 e. The van der Waals surface area contributed by atoms with E-state index in [0.717, 1.165) is 5.82 Å². The van der Waals surface area contributed by atoms with Gasteiger partial charge in [0, 0.05) is 12.0 Å². The van der Waals surface area contributed by atoms with Crippen LogP contribution in [0.15, 0.2) is 24.3 Å². The van der Waals surface area contributed by atoms with Crippen LogP contribution in [-0.4, -0.2) is 14.8 Å². The van der Waals surface area contributed by atoms with Gasteiger partial charge in [-0.15, -0.1) is 10.2 Å². The van der Waals surface area contributed by atoms with Crippen LogP contribution >= 0.6 is 11.6 Å². The molecule has 0 amide bonds. The van der Waals surface area contributed by atoms with Crippen LogP contribution in [-0.2, 0) is 6.42 Å². The fraction of sp³-hybridized carbons (Fsp3) is 0.333. The summed E-state index contributed by atoms with van der Waals surface area (Å²) in [5.41, 5.74) is 0.587. The molecule has 0 N–H and O–H groups in total. The van der Waals surface area contributed by atoms with Gasteiger partial charge >= 0.3 is 0 Å². The number of hydrogen-bond acceptors (Lipinski definition) is 2. The van der Waals surface area contributed by atoms with Crippen LogP contribution in [0.4, 0.5) is 4.39 Å². The number of benzene rings is 1. The standard InChI is InChI=1S/C12H13ClFN3/c1-3-11-15-16-12(13)17(11)8(2)9-6-4-5-7-10(9)14/h4-8H,3H2,1-2H3. The largest absolute Gasteiger partial charge is 0.294 e. The van der Waals surface area contributed by atoms with Crippen molar-refractivity contribution in [2.45, 2.75) is 26.3 Å². The van der Waals surface area contributed by atoms with E-state index in [4.69, 9.17) is 11.6 Å². The molecule has 0 aliphatic carbocycles. The van der Waals surface area contributed by atoms with Crippen molar-refractivity contribution in [3.63, 3.8) is 0 Å². The molecular weight excluding hydrogens is 241 g/mol. The summed E-state index contributed by atoms with van der Waals surface area (Å²) in [6.45, 7) is 3.84. The number of aryl methyl sites for hydroxylation is 1. The topological polar surface area (TPSA) is 30.7 Å². The second-order valence-electron chi connectivity index (χ2n) is 3.81. The Kier molecular flexibility index (Phi) is 3.43. The van der Waals surface area contributed by atoms with Crippen molar-refractivity contribution in [3.05, 3.63) is 46.8 Å². The van der Waals surface area contributed by atoms with E-state index in [9.17, 15) is 4.39 Å². The molecule has 90 valence electrons. The zero-order valence-corrected chi connectivity index (χ0v) is 10.4. The monoisotopic (exact) mass is 253 g/mol. The van der Waals surface area contributed by atoms with Crippen LogP contribution in [0.1, 0.15) is 31.3 Å². The van der Waals surface area contributed by atoms with Crippen LogP contribution in [0.3, 0.4) is 0 Å². The van der Waals surface area contributed by atoms with Crippen LogP contribution < -0.4 is 0 Å². The van der Waals surface area contributed by atoms with Crippen molar-refractivity contribution in [2.75, 3.05) is 0 Å². The van der Waals surface area contributed by atoms with Crippen LogP contribution in [0.2, 0.25) is 5.28 Å². The third-order valence-electron chi connectivity index (χ3n) is 2.78. The average molecular weight is 254 g/mol. The lowest BCUT2D eigenvalue weighted by atomic mass is 10.1. The van der Waals surface area contributed by atoms with Gasteiger partial charge in [0.15, 0.2) is 0 Å². The molecule has 1 unspecified atom stereocenters. The summed E-state index contributed by atoms with van der Waals surface area (Å²) < 4.78 is 15.5. The molecule has 0 fully saturated rings. The molecule has 0 aliphatic rings. The van der Waals surface area contributed by atoms with Gasteiger partial charge in [-0.2, -0.15) is 0 Å². The number of aromatic nitrogens is 3. The summed E-state index contributed by atoms with van der Waals surface area (Å²) >= 11 is 5.99. The Bertz CT molecular complexity index is 524. The molecular formula is C12H13ClFN3. The van der Waals surface area contributed by atoms with Gasteiger partial charge in [0.25, 0.3) is 0 Å². The maximum atomic E-state index is 13.7. The van der Waals surface area contributed by atoms with Gasteiger partial charge in [0.05, 0.1) is 6.04 Å². The normalized spacial score (nSPS) is 12.7. The number of halogens is 2. The average Bonchev–Trinajstić information content (AvgIpc) is 2.70. The minimum absolute atomic E-state index is 0.214. The quantitative estimate of drug-likeness (QED) is 0.841. The maximum absolute atomic E-state index is 13.7. The van der Waals surface area contributed by atoms with Gasteiger partial charge in [-0.1, -0.05) is 25.1 Å². The Hall–Kier alpha value is -1.42. The van der Waals surface area contributed by atoms with E-state index in [1.54, 1.807) is 22.8 Å². The SMILES string of the molecule is CCc1nnc(Cl)n1C(C)c1ccccc1F. The molecule has 1 aromatic carbocycles. The second kappa shape index (κ2) is 4.84. The molecule has 2 rings (SSSR count). The molecule has 5 heteroatoms. The van der Waals surface area contributed by atoms with E-state index >= 15 is 0 Å². The molecule has 0 radical (unpaired) electrons. The Morgan fingerprint density at radius 3 is 2.71 bits per heavy atom. The van der Waals surface area contributed by atoms with Crippen molar-refractivity contribution >= 4 is 11.6 Å². The van der Waals surface area contributed by atoms with Gasteiger partial charge in [-0.25, -0.2) is 4.39 Å². The predicted octanol–water partition coefficient (Wildman–Crippen LogP) is 3.24. The molecule has 0 spiro atoms. The fourth-order valence-corrected chi connectivity index (χ4v) is 2.16. The Balaban J connectivity index is 2.47. The van der Waals surface area contributed by atoms with Crippen molar-refractivity contribution < 1.29 is 4.39 Å². The lowest BCUT2D eigenvalue weighted by molar-refractivity contribution is 0.545. The summed E-state index contributed by atoms with van der Waals surface area (Å²) in [4.78, 5) is 0. The minimum atomic E-state index is -0.244. The van der Waals surface area contributed by atoms with Crippen LogP contribution in [0, 0.1) is 5.82 Å². The lowest BCUT2D eigenvalue weighted by Crippen LogP contribution is -2.12. The van der Waals surface area contributed by atoms with E-state index in [1.807, 2.05) is 13.8 Å². The third kappa shape index (κ3) is 2.17. The molecule has 0 saturated carbocycles. The summed E-state index contributed by atoms with van der Waals surface area (Å²) in [7, 11) is 0. The van der Waals surface area contributed by atoms with Gasteiger partial charge in [0.1, 0.15) is 11.6 Å². The maximum Gasteiger partial charge on any atom is 0.225 e. The summed E-state index contributed by atoms with van der Waals surface area (Å²) in [5, 5.41) is 8.08. The second-order valence-corrected chi connectivity index (χ2v) is 4.14. The van der Waals surface area contributed by atoms with Gasteiger partial charge in [-0.05, 0) is 24.6 Å². The molecule has 1 aromatic heterocycles. The first-order chi connectivity index (χ1) is 8.15. The minimum Gasteiger partial charge on any atom is -0.294 e. The molecule has 0 bridgehead atoms. The first-order valence-electron chi connectivity index (χ1n) is 5.48. The molecule has 3 nitrogen and oxygen atoms in total. The van der Waals surface area contributed by atoms with E-state index in [1.165, 1.54) is 6.07 Å². The Labute approximate surface area is 104 Å². The molecule has 1 heterocycles. The highest BCUT2D eigenvalue weighted by atomic mass is 35.5. The van der Waals surface area contributed by atoms with Gasteiger partial charge < -0.3 is 0 Å². The highest BCUT2D eigenvalue weighted by molar-refractivity contribution is 6.28. The Morgan fingerprint density at radius 1 is 1.35 bits per heavy atom. The van der Waals surface area contributed by atoms with Crippen molar-refractivity contribution in [1.82, 2.24) is 14.8 Å². The van der Waals surface area contributed by atoms with E-state index < -0.39 is 0 Å². The zero-order valence-electron chi connectivity index (χ0n) is 9.69. The lowest BCUT2D eigenvalue weighted by Gasteiger charge is -2.16. The molecule has 0 saturated heterocycles. The van der Waals surface area contributed by atoms with Crippen LogP contribution in [0.25, 0.3) is 0 Å². The molecule has 17 heavy (non-hydrogen) atoms. The number of nitrogens with zero attached hydrogens (tertiary/aromatic N) is 3. The first kappa shape index (κ1) is 12.0. The predicted molar refractivity (Wildman–Crippen MR) is 64.6 cm³/mol. The molecule has 1 atom stereocenters. The fourth-order valence-electron chi connectivity index (χ4n) is 1.88. The van der Waals surface area contributed by atoms with Gasteiger partial charge in [-0.3, -0.25) is 4.57 Å². The summed E-state index contributed by atoms with van der Waals surface area (Å²) in [6.07, 6.45) is 0.707.